The number of ether oxygens (including phenoxy) is 2. The Morgan fingerprint density at radius 1 is 0.976 bits per heavy atom. The van der Waals surface area contributed by atoms with Crippen LogP contribution in [0.15, 0.2) is 46.5 Å². The molecule has 3 rings (SSSR count). The number of fused-ring (bicyclic) bond motifs is 1. The molecule has 41 heavy (non-hydrogen) atoms. The summed E-state index contributed by atoms with van der Waals surface area (Å²) in [7, 11) is -4.02. The highest BCUT2D eigenvalue weighted by molar-refractivity contribution is 7.90. The van der Waals surface area contributed by atoms with Gasteiger partial charge in [-0.1, -0.05) is 12.1 Å². The van der Waals surface area contributed by atoms with Crippen LogP contribution in [0.1, 0.15) is 52.7 Å². The third kappa shape index (κ3) is 7.80. The normalized spacial score (nSPS) is 12.7. The Kier molecular flexibility index (Phi) is 8.27. The Morgan fingerprint density at radius 2 is 1.54 bits per heavy atom. The molecule has 2 aromatic heterocycles. The summed E-state index contributed by atoms with van der Waals surface area (Å²) in [5.41, 5.74) is -4.73. The SMILES string of the molecule is CC(C)(C)OC(=O)N(C(=O)OC(C)(C)C)c1cc(=O)n(Cc2cccc(C(F)(F)F)c2)c2nc(S(C)(=O)=O)ncc12. The number of carbonyl (C=O) groups excluding carboxylic acids is 2. The maximum Gasteiger partial charge on any atom is 0.424 e. The molecule has 2 amide bonds. The van der Waals surface area contributed by atoms with Crippen molar-refractivity contribution in [2.75, 3.05) is 11.2 Å². The van der Waals surface area contributed by atoms with E-state index in [0.29, 0.717) is 4.90 Å². The van der Waals surface area contributed by atoms with Gasteiger partial charge in [0.2, 0.25) is 15.0 Å². The maximum atomic E-state index is 13.4. The average molecular weight is 599 g/mol. The standard InChI is InChI=1S/C26H29F3N4O7S/c1-24(2,3)39-22(35)33(23(36)40-25(4,5)6)18-12-19(34)32(14-15-9-8-10-16(11-15)26(27,28)29)20-17(18)13-30-21(31-20)41(7,37)38/h8-13H,14H2,1-7H3. The van der Waals surface area contributed by atoms with E-state index in [1.807, 2.05) is 0 Å². The Hall–Kier alpha value is -4.01. The fourth-order valence-corrected chi connectivity index (χ4v) is 4.05. The van der Waals surface area contributed by atoms with E-state index < -0.39 is 62.2 Å². The predicted octanol–water partition coefficient (Wildman–Crippen LogP) is 4.94. The van der Waals surface area contributed by atoms with Crippen LogP contribution in [0.3, 0.4) is 0 Å². The lowest BCUT2D eigenvalue weighted by atomic mass is 10.1. The van der Waals surface area contributed by atoms with Crippen LogP contribution in [-0.4, -0.2) is 52.6 Å². The molecule has 222 valence electrons. The van der Waals surface area contributed by atoms with Gasteiger partial charge < -0.3 is 9.47 Å². The summed E-state index contributed by atoms with van der Waals surface area (Å²) < 4.78 is 76.0. The van der Waals surface area contributed by atoms with Gasteiger partial charge in [-0.05, 0) is 59.2 Å². The first kappa shape index (κ1) is 31.5. The minimum Gasteiger partial charge on any atom is -0.443 e. The Morgan fingerprint density at radius 3 is 2.02 bits per heavy atom. The summed E-state index contributed by atoms with van der Waals surface area (Å²) in [6, 6.07) is 5.06. The fourth-order valence-electron chi connectivity index (χ4n) is 3.55. The van der Waals surface area contributed by atoms with Crippen LogP contribution < -0.4 is 10.5 Å². The van der Waals surface area contributed by atoms with Crippen molar-refractivity contribution in [2.24, 2.45) is 0 Å². The van der Waals surface area contributed by atoms with Crippen molar-refractivity contribution in [1.82, 2.24) is 14.5 Å². The van der Waals surface area contributed by atoms with Gasteiger partial charge in [0.25, 0.3) is 5.56 Å². The first-order chi connectivity index (χ1) is 18.6. The summed E-state index contributed by atoms with van der Waals surface area (Å²) >= 11 is 0. The number of imide groups is 1. The van der Waals surface area contributed by atoms with Crippen molar-refractivity contribution in [3.05, 3.63) is 58.0 Å². The number of rotatable bonds is 4. The van der Waals surface area contributed by atoms with Gasteiger partial charge in [-0.25, -0.2) is 23.0 Å². The molecule has 0 atom stereocenters. The zero-order valence-corrected chi connectivity index (χ0v) is 24.2. The average Bonchev–Trinajstić information content (AvgIpc) is 2.78. The van der Waals surface area contributed by atoms with E-state index in [0.717, 1.165) is 41.3 Å². The first-order valence-corrected chi connectivity index (χ1v) is 14.0. The van der Waals surface area contributed by atoms with Crippen LogP contribution in [0.4, 0.5) is 28.4 Å². The number of amides is 2. The number of sulfone groups is 1. The number of aromatic nitrogens is 3. The Labute approximate surface area is 233 Å². The monoisotopic (exact) mass is 598 g/mol. The number of hydrogen-bond donors (Lipinski definition) is 0. The van der Waals surface area contributed by atoms with Gasteiger partial charge in [0.05, 0.1) is 23.2 Å². The number of nitrogens with zero attached hydrogens (tertiary/aromatic N) is 4. The molecule has 3 aromatic rings. The lowest BCUT2D eigenvalue weighted by Crippen LogP contribution is -2.44. The zero-order valence-electron chi connectivity index (χ0n) is 23.4. The number of carbonyl (C=O) groups is 2. The van der Waals surface area contributed by atoms with E-state index in [-0.39, 0.29) is 22.3 Å². The van der Waals surface area contributed by atoms with Gasteiger partial charge in [-0.3, -0.25) is 9.36 Å². The molecule has 0 saturated heterocycles. The molecule has 15 heteroatoms. The number of benzene rings is 1. The van der Waals surface area contributed by atoms with Crippen LogP contribution in [0, 0.1) is 0 Å². The quantitative estimate of drug-likeness (QED) is 0.382. The van der Waals surface area contributed by atoms with Crippen LogP contribution in [0.25, 0.3) is 11.0 Å². The van der Waals surface area contributed by atoms with Crippen molar-refractivity contribution in [1.29, 1.82) is 0 Å². The molecule has 0 aliphatic heterocycles. The summed E-state index contributed by atoms with van der Waals surface area (Å²) in [6.07, 6.45) is -5.27. The summed E-state index contributed by atoms with van der Waals surface area (Å²) in [6.45, 7) is 8.82. The third-order valence-corrected chi connectivity index (χ3v) is 5.98. The van der Waals surface area contributed by atoms with Gasteiger partial charge in [0, 0.05) is 18.5 Å². The summed E-state index contributed by atoms with van der Waals surface area (Å²) in [5.74, 6) is 0. The highest BCUT2D eigenvalue weighted by atomic mass is 32.2. The van der Waals surface area contributed by atoms with Gasteiger partial charge in [0.1, 0.15) is 16.8 Å². The van der Waals surface area contributed by atoms with Gasteiger partial charge in [-0.2, -0.15) is 23.1 Å². The van der Waals surface area contributed by atoms with E-state index in [2.05, 4.69) is 9.97 Å². The smallest absolute Gasteiger partial charge is 0.424 e. The van der Waals surface area contributed by atoms with E-state index >= 15 is 0 Å². The second-order valence-electron chi connectivity index (χ2n) is 11.1. The topological polar surface area (TPSA) is 138 Å². The van der Waals surface area contributed by atoms with Crippen molar-refractivity contribution < 1.29 is 40.7 Å². The van der Waals surface area contributed by atoms with Crippen LogP contribution in [0.2, 0.25) is 0 Å². The molecule has 0 unspecified atom stereocenters. The van der Waals surface area contributed by atoms with Crippen molar-refractivity contribution in [3.63, 3.8) is 0 Å². The van der Waals surface area contributed by atoms with Crippen LogP contribution >= 0.6 is 0 Å². The molecule has 11 nitrogen and oxygen atoms in total. The predicted molar refractivity (Wildman–Crippen MR) is 142 cm³/mol. The minimum atomic E-state index is -4.65. The number of hydrogen-bond acceptors (Lipinski definition) is 9. The molecule has 0 bridgehead atoms. The highest BCUT2D eigenvalue weighted by Crippen LogP contribution is 2.31. The van der Waals surface area contributed by atoms with E-state index in [1.165, 1.54) is 6.07 Å². The molecule has 1 aromatic carbocycles. The molecule has 0 saturated carbocycles. The molecule has 0 N–H and O–H groups in total. The lowest BCUT2D eigenvalue weighted by molar-refractivity contribution is -0.137. The number of halogens is 3. The largest absolute Gasteiger partial charge is 0.443 e. The second-order valence-corrected chi connectivity index (χ2v) is 13.0. The van der Waals surface area contributed by atoms with E-state index in [4.69, 9.17) is 9.47 Å². The van der Waals surface area contributed by atoms with Crippen LogP contribution in [0.5, 0.6) is 0 Å². The molecule has 0 fully saturated rings. The van der Waals surface area contributed by atoms with Crippen molar-refractivity contribution >= 4 is 38.7 Å². The number of anilines is 1. The Balaban J connectivity index is 2.34. The van der Waals surface area contributed by atoms with E-state index in [1.54, 1.807) is 41.5 Å². The zero-order chi connectivity index (χ0) is 31.1. The molecular weight excluding hydrogens is 569 g/mol. The fraction of sp³-hybridized carbons (Fsp3) is 0.423. The third-order valence-electron chi connectivity index (χ3n) is 5.12. The summed E-state index contributed by atoms with van der Waals surface area (Å²) in [5, 5.41) is -0.846. The molecule has 0 spiro atoms. The molecule has 0 aliphatic rings. The van der Waals surface area contributed by atoms with Gasteiger partial charge in [-0.15, -0.1) is 0 Å². The minimum absolute atomic E-state index is 0.0478. The Bertz CT molecular complexity index is 1640. The molecular formula is C26H29F3N4O7S. The first-order valence-electron chi connectivity index (χ1n) is 12.1. The van der Waals surface area contributed by atoms with Crippen LogP contribution in [-0.2, 0) is 32.0 Å². The summed E-state index contributed by atoms with van der Waals surface area (Å²) in [4.78, 5) is 48.1. The molecule has 0 aliphatic carbocycles. The second kappa shape index (κ2) is 10.8. The highest BCUT2D eigenvalue weighted by Gasteiger charge is 2.35. The maximum absolute atomic E-state index is 13.4. The van der Waals surface area contributed by atoms with Crippen molar-refractivity contribution in [3.8, 4) is 0 Å². The van der Waals surface area contributed by atoms with Crippen molar-refractivity contribution in [2.45, 2.75) is 70.6 Å². The van der Waals surface area contributed by atoms with Gasteiger partial charge >= 0.3 is 18.4 Å². The lowest BCUT2D eigenvalue weighted by Gasteiger charge is -2.29. The number of pyridine rings is 1. The molecule has 2 heterocycles. The van der Waals surface area contributed by atoms with E-state index in [9.17, 15) is 36.0 Å². The number of alkyl halides is 3. The van der Waals surface area contributed by atoms with Gasteiger partial charge in [0.15, 0.2) is 0 Å². The molecule has 0 radical (unpaired) electrons.